The molecular weight excluding hydrogens is 377 g/mol. The zero-order chi connectivity index (χ0) is 18.8. The second kappa shape index (κ2) is 7.58. The lowest BCUT2D eigenvalue weighted by Crippen LogP contribution is -2.49. The first kappa shape index (κ1) is 21.2. The summed E-state index contributed by atoms with van der Waals surface area (Å²) in [5.41, 5.74) is -2.57. The average Bonchev–Trinajstić information content (AvgIpc) is 2.39. The molecule has 0 heterocycles. The first-order valence-electron chi connectivity index (χ1n) is 7.09. The molecule has 0 radical (unpaired) electrons. The van der Waals surface area contributed by atoms with Crippen molar-refractivity contribution >= 4 is 39.2 Å². The molecule has 0 saturated carbocycles. The van der Waals surface area contributed by atoms with Gasteiger partial charge in [0.2, 0.25) is 10.0 Å². The molecule has 136 valence electrons. The number of nitrogens with one attached hydrogen (secondary N) is 1. The van der Waals surface area contributed by atoms with E-state index in [9.17, 15) is 18.3 Å². The van der Waals surface area contributed by atoms with Crippen molar-refractivity contribution in [1.29, 1.82) is 0 Å². The first-order valence-corrected chi connectivity index (χ1v) is 9.50. The van der Waals surface area contributed by atoms with Gasteiger partial charge in [-0.25, -0.2) is 17.9 Å². The molecule has 1 aromatic carbocycles. The van der Waals surface area contributed by atoms with Gasteiger partial charge >= 0.3 is 5.97 Å². The Labute approximate surface area is 152 Å². The number of carbonyl (C=O) groups is 1. The number of hydrogen-bond donors (Lipinski definition) is 2. The first-order chi connectivity index (χ1) is 10.7. The molecule has 0 bridgehead atoms. The topological polar surface area (TPSA) is 92.7 Å². The quantitative estimate of drug-likeness (QED) is 0.719. The van der Waals surface area contributed by atoms with Gasteiger partial charge in [0.25, 0.3) is 0 Å². The molecule has 0 spiro atoms. The third kappa shape index (κ3) is 6.57. The van der Waals surface area contributed by atoms with Crippen molar-refractivity contribution in [1.82, 2.24) is 4.72 Å². The maximum absolute atomic E-state index is 12.2. The summed E-state index contributed by atoms with van der Waals surface area (Å²) >= 11 is 11.9. The highest BCUT2D eigenvalue weighted by Gasteiger charge is 2.36. The van der Waals surface area contributed by atoms with Crippen molar-refractivity contribution < 1.29 is 23.1 Å². The second-order valence-electron chi connectivity index (χ2n) is 6.56. The Hall–Kier alpha value is -0.860. The van der Waals surface area contributed by atoms with Gasteiger partial charge < -0.3 is 9.84 Å². The van der Waals surface area contributed by atoms with Gasteiger partial charge in [0.05, 0.1) is 5.75 Å². The van der Waals surface area contributed by atoms with Crippen LogP contribution in [0.5, 0.6) is 0 Å². The summed E-state index contributed by atoms with van der Waals surface area (Å²) in [6, 6.07) is 4.64. The summed E-state index contributed by atoms with van der Waals surface area (Å²) in [5, 5.41) is 10.6. The molecule has 0 amide bonds. The van der Waals surface area contributed by atoms with E-state index in [4.69, 9.17) is 27.9 Å². The van der Waals surface area contributed by atoms with E-state index >= 15 is 0 Å². The summed E-state index contributed by atoms with van der Waals surface area (Å²) < 4.78 is 31.6. The van der Waals surface area contributed by atoms with Crippen molar-refractivity contribution in [3.8, 4) is 0 Å². The predicted octanol–water partition coefficient (Wildman–Crippen LogP) is 2.51. The van der Waals surface area contributed by atoms with Crippen molar-refractivity contribution in [2.24, 2.45) is 0 Å². The number of sulfonamides is 1. The lowest BCUT2D eigenvalue weighted by Gasteiger charge is -2.27. The normalized spacial score (nSPS) is 15.0. The number of halogens is 2. The summed E-state index contributed by atoms with van der Waals surface area (Å²) in [6.07, 6.45) is 0. The molecule has 0 aliphatic heterocycles. The lowest BCUT2D eigenvalue weighted by molar-refractivity contribution is -0.174. The van der Waals surface area contributed by atoms with Crippen molar-refractivity contribution in [2.75, 3.05) is 6.54 Å². The molecule has 6 nitrogen and oxygen atoms in total. The van der Waals surface area contributed by atoms with Gasteiger partial charge in [-0.05, 0) is 39.8 Å². The summed E-state index contributed by atoms with van der Waals surface area (Å²) in [6.45, 7) is 5.57. The van der Waals surface area contributed by atoms with Gasteiger partial charge in [-0.1, -0.05) is 29.3 Å². The smallest absolute Gasteiger partial charge is 0.339 e. The molecule has 1 rings (SSSR count). The van der Waals surface area contributed by atoms with E-state index in [1.54, 1.807) is 26.8 Å². The van der Waals surface area contributed by atoms with Crippen molar-refractivity contribution in [2.45, 2.75) is 44.6 Å². The minimum Gasteiger partial charge on any atom is -0.458 e. The summed E-state index contributed by atoms with van der Waals surface area (Å²) in [5.74, 6) is -1.40. The molecule has 24 heavy (non-hydrogen) atoms. The van der Waals surface area contributed by atoms with Crippen LogP contribution in [0.25, 0.3) is 0 Å². The van der Waals surface area contributed by atoms with Crippen LogP contribution in [-0.4, -0.2) is 37.2 Å². The number of carbonyl (C=O) groups excluding carboxylic acids is 1. The van der Waals surface area contributed by atoms with E-state index < -0.39 is 39.5 Å². The molecular formula is C15H21Cl2NO5S. The van der Waals surface area contributed by atoms with Crippen LogP contribution in [0, 0.1) is 0 Å². The largest absolute Gasteiger partial charge is 0.458 e. The third-order valence-corrected chi connectivity index (χ3v) is 4.83. The molecule has 0 aliphatic carbocycles. The highest BCUT2D eigenvalue weighted by molar-refractivity contribution is 7.88. The maximum Gasteiger partial charge on any atom is 0.339 e. The molecule has 0 aliphatic rings. The minimum atomic E-state index is -3.88. The molecule has 0 fully saturated rings. The maximum atomic E-state index is 12.2. The van der Waals surface area contributed by atoms with Gasteiger partial charge in [0, 0.05) is 22.2 Å². The van der Waals surface area contributed by atoms with Crippen LogP contribution in [0.3, 0.4) is 0 Å². The fourth-order valence-corrected chi connectivity index (χ4v) is 3.61. The molecule has 1 atom stereocenters. The Balaban J connectivity index is 2.79. The highest BCUT2D eigenvalue weighted by Crippen LogP contribution is 2.26. The van der Waals surface area contributed by atoms with Crippen LogP contribution in [0.1, 0.15) is 33.3 Å². The average molecular weight is 398 g/mol. The fraction of sp³-hybridized carbons (Fsp3) is 0.533. The number of benzene rings is 1. The van der Waals surface area contributed by atoms with Gasteiger partial charge in [0.1, 0.15) is 5.60 Å². The Kier molecular flexibility index (Phi) is 6.69. The molecule has 0 aromatic heterocycles. The third-order valence-electron chi connectivity index (χ3n) is 2.87. The van der Waals surface area contributed by atoms with E-state index in [0.717, 1.165) is 0 Å². The van der Waals surface area contributed by atoms with Gasteiger partial charge in [-0.15, -0.1) is 0 Å². The molecule has 0 saturated heterocycles. The Morgan fingerprint density at radius 1 is 1.21 bits per heavy atom. The standard InChI is InChI=1S/C15H21Cl2NO5S/c1-14(2,3)23-13(19)15(4,20)9-18-24(21,22)8-10-11(16)6-5-7-12(10)17/h5-7,18,20H,8-9H2,1-4H3/t15-/m1/s1. The molecule has 2 N–H and O–H groups in total. The number of ether oxygens (including phenoxy) is 1. The summed E-state index contributed by atoms with van der Waals surface area (Å²) in [7, 11) is -3.88. The van der Waals surface area contributed by atoms with Crippen LogP contribution < -0.4 is 4.72 Å². The Morgan fingerprint density at radius 2 is 1.71 bits per heavy atom. The number of hydrogen-bond acceptors (Lipinski definition) is 5. The number of esters is 1. The van der Waals surface area contributed by atoms with E-state index in [-0.39, 0.29) is 15.6 Å². The monoisotopic (exact) mass is 397 g/mol. The van der Waals surface area contributed by atoms with E-state index in [1.165, 1.54) is 19.1 Å². The molecule has 1 aromatic rings. The van der Waals surface area contributed by atoms with Crippen molar-refractivity contribution in [3.05, 3.63) is 33.8 Å². The fourth-order valence-electron chi connectivity index (χ4n) is 1.62. The zero-order valence-electron chi connectivity index (χ0n) is 13.9. The molecule has 0 unspecified atom stereocenters. The van der Waals surface area contributed by atoms with Crippen LogP contribution in [0.2, 0.25) is 10.0 Å². The minimum absolute atomic E-state index is 0.215. The van der Waals surface area contributed by atoms with Crippen LogP contribution in [-0.2, 0) is 25.3 Å². The van der Waals surface area contributed by atoms with E-state index in [1.807, 2.05) is 0 Å². The molecule has 9 heteroatoms. The Morgan fingerprint density at radius 3 is 2.17 bits per heavy atom. The predicted molar refractivity (Wildman–Crippen MR) is 93.6 cm³/mol. The van der Waals surface area contributed by atoms with Crippen LogP contribution in [0.4, 0.5) is 0 Å². The van der Waals surface area contributed by atoms with Gasteiger partial charge in [-0.3, -0.25) is 0 Å². The number of rotatable bonds is 6. The Bertz CT molecular complexity index is 691. The van der Waals surface area contributed by atoms with Crippen LogP contribution >= 0.6 is 23.2 Å². The van der Waals surface area contributed by atoms with Crippen LogP contribution in [0.15, 0.2) is 18.2 Å². The lowest BCUT2D eigenvalue weighted by atomic mass is 10.1. The van der Waals surface area contributed by atoms with Crippen molar-refractivity contribution in [3.63, 3.8) is 0 Å². The SMILES string of the molecule is CC(C)(C)OC(=O)[C@](C)(O)CNS(=O)(=O)Cc1c(Cl)cccc1Cl. The zero-order valence-corrected chi connectivity index (χ0v) is 16.2. The number of aliphatic hydroxyl groups is 1. The summed E-state index contributed by atoms with van der Waals surface area (Å²) in [4.78, 5) is 11.9. The van der Waals surface area contributed by atoms with Gasteiger partial charge in [-0.2, -0.15) is 0 Å². The van der Waals surface area contributed by atoms with E-state index in [0.29, 0.717) is 0 Å². The highest BCUT2D eigenvalue weighted by atomic mass is 35.5. The van der Waals surface area contributed by atoms with Gasteiger partial charge in [0.15, 0.2) is 5.60 Å². The second-order valence-corrected chi connectivity index (χ2v) is 9.18. The van der Waals surface area contributed by atoms with E-state index in [2.05, 4.69) is 4.72 Å².